The van der Waals surface area contributed by atoms with Gasteiger partial charge in [0.05, 0.1) is 5.69 Å². The molecule has 0 spiro atoms. The van der Waals surface area contributed by atoms with Crippen molar-refractivity contribution in [2.24, 2.45) is 0 Å². The second-order valence-electron chi connectivity index (χ2n) is 6.31. The summed E-state index contributed by atoms with van der Waals surface area (Å²) in [6.45, 7) is 0. The fourth-order valence-electron chi connectivity index (χ4n) is 2.90. The first-order chi connectivity index (χ1) is 12.8. The molecule has 1 aliphatic carbocycles. The van der Waals surface area contributed by atoms with Crippen LogP contribution in [0.2, 0.25) is 5.02 Å². The second kappa shape index (κ2) is 6.07. The van der Waals surface area contributed by atoms with Crippen LogP contribution in [0.3, 0.4) is 0 Å². The molecule has 0 atom stereocenters. The first-order valence-corrected chi connectivity index (χ1v) is 8.85. The van der Waals surface area contributed by atoms with Gasteiger partial charge >= 0.3 is 0 Å². The van der Waals surface area contributed by atoms with Crippen LogP contribution in [0.4, 0.5) is 0 Å². The Hall–Kier alpha value is -2.99. The van der Waals surface area contributed by atoms with Crippen LogP contribution in [0.1, 0.15) is 24.6 Å². The Morgan fingerprint density at radius 3 is 2.73 bits per heavy atom. The Balaban J connectivity index is 1.65. The van der Waals surface area contributed by atoms with Crippen molar-refractivity contribution in [3.63, 3.8) is 0 Å². The van der Waals surface area contributed by atoms with Crippen molar-refractivity contribution >= 4 is 11.6 Å². The Labute approximate surface area is 155 Å². The van der Waals surface area contributed by atoms with Crippen LogP contribution in [0.15, 0.2) is 61.1 Å². The maximum Gasteiger partial charge on any atom is 0.163 e. The van der Waals surface area contributed by atoms with Gasteiger partial charge in [-0.1, -0.05) is 17.7 Å². The third kappa shape index (κ3) is 2.78. The summed E-state index contributed by atoms with van der Waals surface area (Å²) in [5.41, 5.74) is 1.83. The molecule has 26 heavy (non-hydrogen) atoms. The number of nitrogens with zero attached hydrogens (tertiary/aromatic N) is 6. The highest BCUT2D eigenvalue weighted by atomic mass is 35.5. The summed E-state index contributed by atoms with van der Waals surface area (Å²) in [5.74, 6) is 2.87. The molecule has 6 nitrogen and oxygen atoms in total. The van der Waals surface area contributed by atoms with Crippen molar-refractivity contribution in [2.45, 2.75) is 18.8 Å². The van der Waals surface area contributed by atoms with Gasteiger partial charge in [0, 0.05) is 35.1 Å². The highest BCUT2D eigenvalue weighted by Crippen LogP contribution is 2.39. The molecule has 0 unspecified atom stereocenters. The fraction of sp³-hybridized carbons (Fsp3) is 0.158. The average molecular weight is 363 g/mol. The number of hydrogen-bond donors (Lipinski definition) is 0. The van der Waals surface area contributed by atoms with E-state index in [0.717, 1.165) is 41.6 Å². The summed E-state index contributed by atoms with van der Waals surface area (Å²) >= 11 is 6.18. The lowest BCUT2D eigenvalue weighted by molar-refractivity contribution is 0.835. The van der Waals surface area contributed by atoms with Gasteiger partial charge in [0.15, 0.2) is 17.5 Å². The van der Waals surface area contributed by atoms with E-state index >= 15 is 0 Å². The number of pyridine rings is 1. The third-order valence-electron chi connectivity index (χ3n) is 4.36. The number of hydrogen-bond acceptors (Lipinski definition) is 4. The summed E-state index contributed by atoms with van der Waals surface area (Å²) in [4.78, 5) is 9.22. The lowest BCUT2D eigenvalue weighted by Crippen LogP contribution is -2.02. The van der Waals surface area contributed by atoms with Crippen LogP contribution in [0, 0.1) is 0 Å². The lowest BCUT2D eigenvalue weighted by atomic mass is 10.2. The van der Waals surface area contributed by atoms with Gasteiger partial charge in [-0.2, -0.15) is 10.2 Å². The molecule has 0 saturated heterocycles. The van der Waals surface area contributed by atoms with E-state index in [0.29, 0.717) is 10.9 Å². The van der Waals surface area contributed by atoms with Crippen LogP contribution < -0.4 is 0 Å². The molecule has 4 aromatic rings. The van der Waals surface area contributed by atoms with Crippen LogP contribution >= 0.6 is 11.6 Å². The molecule has 128 valence electrons. The summed E-state index contributed by atoms with van der Waals surface area (Å²) in [6, 6.07) is 13.4. The van der Waals surface area contributed by atoms with Crippen molar-refractivity contribution in [2.75, 3.05) is 0 Å². The van der Waals surface area contributed by atoms with Crippen LogP contribution in [-0.4, -0.2) is 29.5 Å². The van der Waals surface area contributed by atoms with Gasteiger partial charge in [-0.05, 0) is 49.2 Å². The van der Waals surface area contributed by atoms with E-state index in [1.807, 2.05) is 53.3 Å². The quantitative estimate of drug-likeness (QED) is 0.549. The predicted molar refractivity (Wildman–Crippen MR) is 98.7 cm³/mol. The highest BCUT2D eigenvalue weighted by molar-refractivity contribution is 6.30. The van der Waals surface area contributed by atoms with Crippen LogP contribution in [0.25, 0.3) is 22.9 Å². The van der Waals surface area contributed by atoms with Gasteiger partial charge in [-0.15, -0.1) is 0 Å². The van der Waals surface area contributed by atoms with E-state index in [2.05, 4.69) is 10.1 Å². The molecule has 7 heteroatoms. The molecule has 1 fully saturated rings. The number of benzene rings is 1. The van der Waals surface area contributed by atoms with Gasteiger partial charge in [0.1, 0.15) is 0 Å². The Kier molecular flexibility index (Phi) is 3.57. The molecule has 0 amide bonds. The summed E-state index contributed by atoms with van der Waals surface area (Å²) < 4.78 is 3.59. The maximum absolute atomic E-state index is 6.18. The molecular weight excluding hydrogens is 348 g/mol. The van der Waals surface area contributed by atoms with E-state index < -0.39 is 0 Å². The second-order valence-corrected chi connectivity index (χ2v) is 6.75. The minimum absolute atomic E-state index is 0.460. The summed E-state index contributed by atoms with van der Waals surface area (Å²) in [7, 11) is 0. The maximum atomic E-state index is 6.18. The smallest absolute Gasteiger partial charge is 0.163 e. The predicted octanol–water partition coefficient (Wildman–Crippen LogP) is 4.05. The zero-order chi connectivity index (χ0) is 17.5. The summed E-state index contributed by atoms with van der Waals surface area (Å²) in [5, 5.41) is 9.68. The molecule has 1 saturated carbocycles. The Morgan fingerprint density at radius 2 is 1.96 bits per heavy atom. The topological polar surface area (TPSA) is 61.4 Å². The average Bonchev–Trinajstić information content (AvgIpc) is 3.20. The normalized spacial score (nSPS) is 13.9. The molecule has 1 aliphatic rings. The molecular formula is C19H15ClN6. The van der Waals surface area contributed by atoms with Crippen molar-refractivity contribution in [3.8, 4) is 22.9 Å². The first-order valence-electron chi connectivity index (χ1n) is 8.47. The van der Waals surface area contributed by atoms with E-state index in [4.69, 9.17) is 21.7 Å². The molecule has 0 bridgehead atoms. The van der Waals surface area contributed by atoms with Crippen molar-refractivity contribution in [1.82, 2.24) is 29.5 Å². The van der Waals surface area contributed by atoms with Crippen molar-refractivity contribution in [1.29, 1.82) is 0 Å². The highest BCUT2D eigenvalue weighted by Gasteiger charge is 2.29. The molecule has 1 aromatic carbocycles. The zero-order valence-electron chi connectivity index (χ0n) is 13.8. The van der Waals surface area contributed by atoms with Gasteiger partial charge in [-0.3, -0.25) is 0 Å². The first kappa shape index (κ1) is 15.3. The van der Waals surface area contributed by atoms with E-state index in [9.17, 15) is 0 Å². The van der Waals surface area contributed by atoms with Gasteiger partial charge in [0.25, 0.3) is 0 Å². The minimum atomic E-state index is 0.460. The molecule has 5 rings (SSSR count). The largest absolute Gasteiger partial charge is 0.237 e. The Morgan fingerprint density at radius 1 is 1.04 bits per heavy atom. The minimum Gasteiger partial charge on any atom is -0.237 e. The fourth-order valence-corrected chi connectivity index (χ4v) is 3.09. The molecule has 0 radical (unpaired) electrons. The van der Waals surface area contributed by atoms with Crippen molar-refractivity contribution < 1.29 is 0 Å². The van der Waals surface area contributed by atoms with Gasteiger partial charge in [-0.25, -0.2) is 19.3 Å². The number of rotatable bonds is 4. The van der Waals surface area contributed by atoms with Crippen LogP contribution in [0.5, 0.6) is 0 Å². The SMILES string of the molecule is Clc1cccc(-n2nc(C3CC3)nc2-c2ccnc(-n3cccn3)c2)c1. The summed E-state index contributed by atoms with van der Waals surface area (Å²) in [6.07, 6.45) is 7.65. The molecule has 0 N–H and O–H groups in total. The molecule has 3 aromatic heterocycles. The van der Waals surface area contributed by atoms with E-state index in [1.54, 1.807) is 17.1 Å². The standard InChI is InChI=1S/C19H15ClN6/c20-15-3-1-4-16(12-15)26-19(23-18(24-26)13-5-6-13)14-7-9-21-17(11-14)25-10-2-8-22-25/h1-4,7-13H,5-6H2. The number of aromatic nitrogens is 6. The molecule has 0 aliphatic heterocycles. The lowest BCUT2D eigenvalue weighted by Gasteiger charge is -2.07. The zero-order valence-corrected chi connectivity index (χ0v) is 14.6. The Bertz CT molecular complexity index is 1070. The van der Waals surface area contributed by atoms with Gasteiger partial charge in [0.2, 0.25) is 0 Å². The third-order valence-corrected chi connectivity index (χ3v) is 4.60. The number of halogens is 1. The van der Waals surface area contributed by atoms with E-state index in [-0.39, 0.29) is 0 Å². The van der Waals surface area contributed by atoms with Gasteiger partial charge < -0.3 is 0 Å². The van der Waals surface area contributed by atoms with Crippen LogP contribution in [-0.2, 0) is 0 Å². The monoisotopic (exact) mass is 362 g/mol. The molecule has 3 heterocycles. The van der Waals surface area contributed by atoms with E-state index in [1.165, 1.54) is 0 Å². The van der Waals surface area contributed by atoms with Crippen molar-refractivity contribution in [3.05, 3.63) is 71.9 Å².